The molecular formula is C25H16N2O2. The van der Waals surface area contributed by atoms with E-state index in [1.165, 1.54) is 5.39 Å². The molecule has 0 amide bonds. The number of hydrogen-bond acceptors (Lipinski definition) is 4. The molecule has 1 aliphatic rings. The van der Waals surface area contributed by atoms with Gasteiger partial charge in [-0.2, -0.15) is 0 Å². The van der Waals surface area contributed by atoms with E-state index in [0.29, 0.717) is 11.8 Å². The third-order valence-corrected chi connectivity index (χ3v) is 5.15. The van der Waals surface area contributed by atoms with Crippen LogP contribution in [-0.4, -0.2) is 4.98 Å². The maximum absolute atomic E-state index is 5.92. The Bertz CT molecular complexity index is 1460. The molecular weight excluding hydrogens is 360 g/mol. The van der Waals surface area contributed by atoms with Gasteiger partial charge in [-0.05, 0) is 29.0 Å². The molecule has 5 aromatic rings. The summed E-state index contributed by atoms with van der Waals surface area (Å²) < 4.78 is 11.8. The maximum Gasteiger partial charge on any atom is 0.220 e. The highest BCUT2D eigenvalue weighted by Crippen LogP contribution is 2.39. The standard InChI is InChI=1S/C25H16N2O2/c1-3-8-18-16(6-1)12-14-20-24(18)26-22(28-20)10-5-11-23-27-25-19-9-4-2-7-17(19)13-15-21(25)29-23/h1-15,26H. The van der Waals surface area contributed by atoms with Crippen LogP contribution in [0.4, 0.5) is 5.69 Å². The van der Waals surface area contributed by atoms with Crippen molar-refractivity contribution in [2.75, 3.05) is 5.32 Å². The number of benzene rings is 4. The van der Waals surface area contributed by atoms with Crippen molar-refractivity contribution < 1.29 is 9.15 Å². The minimum absolute atomic E-state index is 0.564. The summed E-state index contributed by atoms with van der Waals surface area (Å²) in [5, 5.41) is 7.92. The van der Waals surface area contributed by atoms with E-state index in [1.54, 1.807) is 0 Å². The summed E-state index contributed by atoms with van der Waals surface area (Å²) in [5.41, 5.74) is 2.66. The average Bonchev–Trinajstić information content (AvgIpc) is 3.37. The van der Waals surface area contributed by atoms with Gasteiger partial charge in [0.05, 0.1) is 5.69 Å². The number of ether oxygens (including phenoxy) is 1. The molecule has 138 valence electrons. The van der Waals surface area contributed by atoms with Crippen molar-refractivity contribution in [3.63, 3.8) is 0 Å². The molecule has 0 atom stereocenters. The normalized spacial score (nSPS) is 14.7. The molecule has 0 saturated carbocycles. The molecule has 1 aliphatic heterocycles. The van der Waals surface area contributed by atoms with Crippen molar-refractivity contribution in [2.24, 2.45) is 0 Å². The molecule has 4 heteroatoms. The van der Waals surface area contributed by atoms with Gasteiger partial charge >= 0.3 is 0 Å². The highest BCUT2D eigenvalue weighted by atomic mass is 16.5. The minimum Gasteiger partial charge on any atom is -0.439 e. The summed E-state index contributed by atoms with van der Waals surface area (Å²) in [5.74, 6) is 2.07. The summed E-state index contributed by atoms with van der Waals surface area (Å²) in [6, 6.07) is 24.5. The van der Waals surface area contributed by atoms with E-state index < -0.39 is 0 Å². The van der Waals surface area contributed by atoms with Gasteiger partial charge in [-0.15, -0.1) is 0 Å². The molecule has 0 unspecified atom stereocenters. The lowest BCUT2D eigenvalue weighted by atomic mass is 10.1. The summed E-state index contributed by atoms with van der Waals surface area (Å²) >= 11 is 0. The minimum atomic E-state index is 0.564. The highest BCUT2D eigenvalue weighted by Gasteiger charge is 2.18. The van der Waals surface area contributed by atoms with Gasteiger partial charge < -0.3 is 14.5 Å². The van der Waals surface area contributed by atoms with Crippen molar-refractivity contribution >= 4 is 44.4 Å². The first kappa shape index (κ1) is 16.0. The van der Waals surface area contributed by atoms with Crippen molar-refractivity contribution in [1.29, 1.82) is 0 Å². The lowest BCUT2D eigenvalue weighted by Crippen LogP contribution is -1.95. The Morgan fingerprint density at radius 1 is 0.793 bits per heavy atom. The summed E-state index contributed by atoms with van der Waals surface area (Å²) in [7, 11) is 0. The van der Waals surface area contributed by atoms with E-state index in [0.717, 1.165) is 38.7 Å². The van der Waals surface area contributed by atoms with E-state index in [2.05, 4.69) is 46.7 Å². The van der Waals surface area contributed by atoms with Crippen molar-refractivity contribution in [3.8, 4) is 5.75 Å². The van der Waals surface area contributed by atoms with Crippen LogP contribution < -0.4 is 10.1 Å². The van der Waals surface area contributed by atoms with Crippen LogP contribution in [-0.2, 0) is 0 Å². The Labute approximate surface area is 166 Å². The Kier molecular flexibility index (Phi) is 3.43. The van der Waals surface area contributed by atoms with Crippen LogP contribution in [0.15, 0.2) is 95.2 Å². The molecule has 0 bridgehead atoms. The lowest BCUT2D eigenvalue weighted by Gasteiger charge is -2.01. The second kappa shape index (κ2) is 6.24. The van der Waals surface area contributed by atoms with Crippen LogP contribution in [0.1, 0.15) is 5.89 Å². The zero-order valence-corrected chi connectivity index (χ0v) is 15.4. The fraction of sp³-hybridized carbons (Fsp3) is 0. The fourth-order valence-corrected chi connectivity index (χ4v) is 3.78. The fourth-order valence-electron chi connectivity index (χ4n) is 3.78. The monoisotopic (exact) mass is 376 g/mol. The van der Waals surface area contributed by atoms with Crippen LogP contribution >= 0.6 is 0 Å². The third kappa shape index (κ3) is 2.65. The van der Waals surface area contributed by atoms with Crippen LogP contribution in [0.25, 0.3) is 38.7 Å². The first-order valence-corrected chi connectivity index (χ1v) is 9.48. The van der Waals surface area contributed by atoms with Crippen LogP contribution in [0, 0.1) is 0 Å². The quantitative estimate of drug-likeness (QED) is 0.382. The average molecular weight is 376 g/mol. The van der Waals surface area contributed by atoms with Crippen molar-refractivity contribution in [2.45, 2.75) is 0 Å². The third-order valence-electron chi connectivity index (χ3n) is 5.15. The van der Waals surface area contributed by atoms with Gasteiger partial charge in [-0.25, -0.2) is 4.98 Å². The SMILES string of the molecule is C(=Cc1nc2c(ccc3ccccc32)o1)C=C1Nc2c(ccc3ccccc23)O1. The smallest absolute Gasteiger partial charge is 0.220 e. The maximum atomic E-state index is 5.92. The van der Waals surface area contributed by atoms with Crippen LogP contribution in [0.2, 0.25) is 0 Å². The molecule has 4 aromatic carbocycles. The Morgan fingerprint density at radius 3 is 2.45 bits per heavy atom. The highest BCUT2D eigenvalue weighted by molar-refractivity contribution is 6.03. The van der Waals surface area contributed by atoms with Gasteiger partial charge in [-0.1, -0.05) is 66.7 Å². The van der Waals surface area contributed by atoms with E-state index in [9.17, 15) is 0 Å². The summed E-state index contributed by atoms with van der Waals surface area (Å²) in [6.07, 6.45) is 5.60. The van der Waals surface area contributed by atoms with Gasteiger partial charge in [0.2, 0.25) is 5.89 Å². The number of fused-ring (bicyclic) bond motifs is 6. The number of aromatic nitrogens is 1. The molecule has 1 aromatic heterocycles. The number of oxazole rings is 1. The summed E-state index contributed by atoms with van der Waals surface area (Å²) in [4.78, 5) is 4.64. The van der Waals surface area contributed by atoms with Gasteiger partial charge in [0, 0.05) is 16.8 Å². The Morgan fingerprint density at radius 2 is 1.55 bits per heavy atom. The van der Waals surface area contributed by atoms with Gasteiger partial charge in [-0.3, -0.25) is 0 Å². The molecule has 0 saturated heterocycles. The van der Waals surface area contributed by atoms with Crippen molar-refractivity contribution in [1.82, 2.24) is 4.98 Å². The number of nitrogens with zero attached hydrogens (tertiary/aromatic N) is 1. The second-order valence-corrected chi connectivity index (χ2v) is 6.96. The predicted molar refractivity (Wildman–Crippen MR) is 117 cm³/mol. The van der Waals surface area contributed by atoms with Crippen molar-refractivity contribution in [3.05, 3.63) is 96.7 Å². The first-order valence-electron chi connectivity index (χ1n) is 9.48. The number of anilines is 1. The number of allylic oxidation sites excluding steroid dienone is 2. The van der Waals surface area contributed by atoms with Crippen LogP contribution in [0.5, 0.6) is 5.75 Å². The Hall–Kier alpha value is -4.05. The van der Waals surface area contributed by atoms with Gasteiger partial charge in [0.1, 0.15) is 5.52 Å². The van der Waals surface area contributed by atoms with Crippen LogP contribution in [0.3, 0.4) is 0 Å². The predicted octanol–water partition coefficient (Wildman–Crippen LogP) is 6.49. The largest absolute Gasteiger partial charge is 0.439 e. The molecule has 29 heavy (non-hydrogen) atoms. The Balaban J connectivity index is 1.30. The molecule has 0 radical (unpaired) electrons. The zero-order chi connectivity index (χ0) is 19.2. The summed E-state index contributed by atoms with van der Waals surface area (Å²) in [6.45, 7) is 0. The topological polar surface area (TPSA) is 47.3 Å². The van der Waals surface area contributed by atoms with Gasteiger partial charge in [0.15, 0.2) is 17.2 Å². The molecule has 0 spiro atoms. The zero-order valence-electron chi connectivity index (χ0n) is 15.4. The molecule has 0 fully saturated rings. The van der Waals surface area contributed by atoms with E-state index in [-0.39, 0.29) is 0 Å². The molecule has 0 aliphatic carbocycles. The lowest BCUT2D eigenvalue weighted by molar-refractivity contribution is 0.457. The number of hydrogen-bond donors (Lipinski definition) is 1. The van der Waals surface area contributed by atoms with E-state index in [1.807, 2.05) is 54.6 Å². The van der Waals surface area contributed by atoms with E-state index >= 15 is 0 Å². The number of rotatable bonds is 2. The molecule has 1 N–H and O–H groups in total. The molecule has 6 rings (SSSR count). The van der Waals surface area contributed by atoms with E-state index in [4.69, 9.17) is 9.15 Å². The number of nitrogens with one attached hydrogen (secondary N) is 1. The second-order valence-electron chi connectivity index (χ2n) is 6.96. The molecule has 4 nitrogen and oxygen atoms in total. The van der Waals surface area contributed by atoms with Gasteiger partial charge in [0.25, 0.3) is 0 Å². The first-order chi connectivity index (χ1) is 14.3. The molecule has 2 heterocycles.